The first-order valence-corrected chi connectivity index (χ1v) is 6.86. The molecule has 118 valence electrons. The van der Waals surface area contributed by atoms with Crippen LogP contribution in [0.3, 0.4) is 0 Å². The van der Waals surface area contributed by atoms with Crippen LogP contribution in [0.1, 0.15) is 24.8 Å². The van der Waals surface area contributed by atoms with Crippen molar-refractivity contribution in [2.45, 2.75) is 32.2 Å². The summed E-state index contributed by atoms with van der Waals surface area (Å²) in [6.07, 6.45) is 2.80. The molecule has 0 saturated heterocycles. The van der Waals surface area contributed by atoms with Gasteiger partial charge in [-0.1, -0.05) is 6.42 Å². The van der Waals surface area contributed by atoms with Gasteiger partial charge in [-0.2, -0.15) is 0 Å². The Morgan fingerprint density at radius 3 is 2.38 bits per heavy atom. The molecular formula is C15H23ClN2O3. The molecular weight excluding hydrogens is 292 g/mol. The van der Waals surface area contributed by atoms with Crippen molar-refractivity contribution in [3.05, 3.63) is 17.7 Å². The molecule has 2 unspecified atom stereocenters. The molecule has 1 aliphatic carbocycles. The van der Waals surface area contributed by atoms with E-state index < -0.39 is 0 Å². The van der Waals surface area contributed by atoms with Crippen molar-refractivity contribution in [2.75, 3.05) is 19.5 Å². The molecule has 0 aromatic heterocycles. The zero-order valence-electron chi connectivity index (χ0n) is 12.6. The topological polar surface area (TPSA) is 73.6 Å². The second-order valence-electron chi connectivity index (χ2n) is 5.21. The van der Waals surface area contributed by atoms with E-state index in [4.69, 9.17) is 15.2 Å². The summed E-state index contributed by atoms with van der Waals surface area (Å²) in [5, 5.41) is 2.95. The first-order chi connectivity index (χ1) is 9.56. The number of hydrogen-bond acceptors (Lipinski definition) is 4. The van der Waals surface area contributed by atoms with Gasteiger partial charge in [0.2, 0.25) is 5.91 Å². The molecule has 0 radical (unpaired) electrons. The fourth-order valence-electron chi connectivity index (χ4n) is 2.65. The highest BCUT2D eigenvalue weighted by atomic mass is 35.5. The Kier molecular flexibility index (Phi) is 6.30. The molecule has 5 nitrogen and oxygen atoms in total. The second-order valence-corrected chi connectivity index (χ2v) is 5.21. The molecule has 3 N–H and O–H groups in total. The van der Waals surface area contributed by atoms with Crippen LogP contribution in [-0.4, -0.2) is 26.2 Å². The maximum absolute atomic E-state index is 12.3. The lowest BCUT2D eigenvalue weighted by molar-refractivity contribution is -0.120. The van der Waals surface area contributed by atoms with Crippen LogP contribution in [0.4, 0.5) is 5.69 Å². The molecule has 0 heterocycles. The number of nitrogens with two attached hydrogens (primary N) is 1. The third kappa shape index (κ3) is 3.80. The predicted molar refractivity (Wildman–Crippen MR) is 85.5 cm³/mol. The zero-order valence-corrected chi connectivity index (χ0v) is 13.5. The van der Waals surface area contributed by atoms with Gasteiger partial charge in [0.1, 0.15) is 0 Å². The van der Waals surface area contributed by atoms with Gasteiger partial charge < -0.3 is 20.5 Å². The molecule has 0 spiro atoms. The van der Waals surface area contributed by atoms with Crippen LogP contribution in [0.2, 0.25) is 0 Å². The molecule has 1 aliphatic rings. The number of hydrogen-bond donors (Lipinski definition) is 2. The van der Waals surface area contributed by atoms with Crippen LogP contribution in [0.5, 0.6) is 11.5 Å². The summed E-state index contributed by atoms with van der Waals surface area (Å²) in [6.45, 7) is 1.92. The SMILES string of the molecule is COc1cc(C)c(NC(=O)C2CCCC2N)cc1OC.Cl. The number of carbonyl (C=O) groups excluding carboxylic acids is 1. The van der Waals surface area contributed by atoms with Gasteiger partial charge in [-0.15, -0.1) is 12.4 Å². The molecule has 0 bridgehead atoms. The summed E-state index contributed by atoms with van der Waals surface area (Å²) >= 11 is 0. The summed E-state index contributed by atoms with van der Waals surface area (Å²) in [4.78, 5) is 12.3. The van der Waals surface area contributed by atoms with Gasteiger partial charge in [0.15, 0.2) is 11.5 Å². The van der Waals surface area contributed by atoms with Crippen molar-refractivity contribution in [2.24, 2.45) is 11.7 Å². The summed E-state index contributed by atoms with van der Waals surface area (Å²) in [7, 11) is 3.17. The van der Waals surface area contributed by atoms with Crippen LogP contribution < -0.4 is 20.5 Å². The Hall–Kier alpha value is -1.46. The van der Waals surface area contributed by atoms with Crippen molar-refractivity contribution >= 4 is 24.0 Å². The van der Waals surface area contributed by atoms with E-state index in [2.05, 4.69) is 5.32 Å². The highest BCUT2D eigenvalue weighted by Crippen LogP contribution is 2.33. The van der Waals surface area contributed by atoms with Crippen molar-refractivity contribution < 1.29 is 14.3 Å². The molecule has 1 saturated carbocycles. The molecule has 21 heavy (non-hydrogen) atoms. The minimum Gasteiger partial charge on any atom is -0.493 e. The molecule has 2 rings (SSSR count). The maximum atomic E-state index is 12.3. The minimum absolute atomic E-state index is 0. The average Bonchev–Trinajstić information content (AvgIpc) is 2.86. The highest BCUT2D eigenvalue weighted by Gasteiger charge is 2.30. The number of methoxy groups -OCH3 is 2. The van der Waals surface area contributed by atoms with Crippen molar-refractivity contribution in [1.82, 2.24) is 0 Å². The largest absolute Gasteiger partial charge is 0.493 e. The van der Waals surface area contributed by atoms with Crippen LogP contribution in [0, 0.1) is 12.8 Å². The van der Waals surface area contributed by atoms with E-state index in [0.29, 0.717) is 11.5 Å². The van der Waals surface area contributed by atoms with Gasteiger partial charge in [0.05, 0.1) is 20.1 Å². The third-order valence-corrected chi connectivity index (χ3v) is 3.89. The number of amides is 1. The van der Waals surface area contributed by atoms with Crippen LogP contribution in [0.25, 0.3) is 0 Å². The summed E-state index contributed by atoms with van der Waals surface area (Å²) in [5.41, 5.74) is 7.64. The van der Waals surface area contributed by atoms with Crippen molar-refractivity contribution in [1.29, 1.82) is 0 Å². The fourth-order valence-corrected chi connectivity index (χ4v) is 2.65. The number of anilines is 1. The predicted octanol–water partition coefficient (Wildman–Crippen LogP) is 2.50. The summed E-state index contributed by atoms with van der Waals surface area (Å²) in [5.74, 6) is 1.15. The Balaban J connectivity index is 0.00000220. The average molecular weight is 315 g/mol. The molecule has 1 aromatic carbocycles. The first-order valence-electron chi connectivity index (χ1n) is 6.86. The quantitative estimate of drug-likeness (QED) is 0.895. The van der Waals surface area contributed by atoms with Gasteiger partial charge in [-0.3, -0.25) is 4.79 Å². The van der Waals surface area contributed by atoms with E-state index in [-0.39, 0.29) is 30.3 Å². The second kappa shape index (κ2) is 7.52. The molecule has 1 aromatic rings. The zero-order chi connectivity index (χ0) is 14.7. The molecule has 1 fully saturated rings. The van der Waals surface area contributed by atoms with Crippen molar-refractivity contribution in [3.8, 4) is 11.5 Å². The lowest BCUT2D eigenvalue weighted by Gasteiger charge is -2.18. The van der Waals surface area contributed by atoms with E-state index in [1.807, 2.05) is 13.0 Å². The number of halogens is 1. The first kappa shape index (κ1) is 17.6. The van der Waals surface area contributed by atoms with Crippen LogP contribution in [-0.2, 0) is 4.79 Å². The Morgan fingerprint density at radius 2 is 1.86 bits per heavy atom. The normalized spacial score (nSPS) is 20.6. The standard InChI is InChI=1S/C15H22N2O3.ClH/c1-9-7-13(19-2)14(20-3)8-12(9)17-15(18)10-5-4-6-11(10)16;/h7-8,10-11H,4-6,16H2,1-3H3,(H,17,18);1H. The lowest BCUT2D eigenvalue weighted by atomic mass is 10.0. The number of benzene rings is 1. The minimum atomic E-state index is -0.0949. The van der Waals surface area contributed by atoms with Crippen LogP contribution >= 0.6 is 12.4 Å². The van der Waals surface area contributed by atoms with Crippen molar-refractivity contribution in [3.63, 3.8) is 0 Å². The Bertz CT molecular complexity index is 508. The number of ether oxygens (including phenoxy) is 2. The van der Waals surface area contributed by atoms with E-state index in [0.717, 1.165) is 30.5 Å². The third-order valence-electron chi connectivity index (χ3n) is 3.89. The van der Waals surface area contributed by atoms with E-state index in [1.54, 1.807) is 20.3 Å². The lowest BCUT2D eigenvalue weighted by Crippen LogP contribution is -2.34. The van der Waals surface area contributed by atoms with Gasteiger partial charge >= 0.3 is 0 Å². The van der Waals surface area contributed by atoms with Gasteiger partial charge in [-0.05, 0) is 31.4 Å². The summed E-state index contributed by atoms with van der Waals surface area (Å²) < 4.78 is 10.5. The van der Waals surface area contributed by atoms with E-state index in [9.17, 15) is 4.79 Å². The van der Waals surface area contributed by atoms with Crippen LogP contribution in [0.15, 0.2) is 12.1 Å². The van der Waals surface area contributed by atoms with E-state index >= 15 is 0 Å². The molecule has 2 atom stereocenters. The summed E-state index contributed by atoms with van der Waals surface area (Å²) in [6, 6.07) is 3.60. The number of nitrogens with one attached hydrogen (secondary N) is 1. The fraction of sp³-hybridized carbons (Fsp3) is 0.533. The number of carbonyl (C=O) groups is 1. The smallest absolute Gasteiger partial charge is 0.229 e. The maximum Gasteiger partial charge on any atom is 0.229 e. The highest BCUT2D eigenvalue weighted by molar-refractivity contribution is 5.94. The van der Waals surface area contributed by atoms with Gasteiger partial charge in [0.25, 0.3) is 0 Å². The number of rotatable bonds is 4. The van der Waals surface area contributed by atoms with Gasteiger partial charge in [0, 0.05) is 17.8 Å². The Morgan fingerprint density at radius 1 is 1.24 bits per heavy atom. The Labute approximate surface area is 131 Å². The van der Waals surface area contributed by atoms with E-state index in [1.165, 1.54) is 0 Å². The molecule has 0 aliphatic heterocycles. The number of aryl methyl sites for hydroxylation is 1. The molecule has 6 heteroatoms. The molecule has 1 amide bonds. The van der Waals surface area contributed by atoms with Gasteiger partial charge in [-0.25, -0.2) is 0 Å². The monoisotopic (exact) mass is 314 g/mol.